The van der Waals surface area contributed by atoms with Crippen LogP contribution in [0.25, 0.3) is 0 Å². The van der Waals surface area contributed by atoms with Crippen LogP contribution in [0.1, 0.15) is 43.7 Å². The Bertz CT molecular complexity index is 1420. The fourth-order valence-corrected chi connectivity index (χ4v) is 10.4. The maximum atomic E-state index is 15.1. The lowest BCUT2D eigenvalue weighted by atomic mass is 9.66. The van der Waals surface area contributed by atoms with Crippen LogP contribution in [0.2, 0.25) is 5.02 Å². The van der Waals surface area contributed by atoms with E-state index in [0.717, 1.165) is 24.0 Å². The molecule has 2 bridgehead atoms. The van der Waals surface area contributed by atoms with Gasteiger partial charge in [0.2, 0.25) is 5.91 Å². The van der Waals surface area contributed by atoms with Crippen LogP contribution in [0.4, 0.5) is 5.69 Å². The number of aliphatic hydroxyl groups is 1. The van der Waals surface area contributed by atoms with Crippen molar-refractivity contribution in [3.8, 4) is 0 Å². The third-order valence-electron chi connectivity index (χ3n) is 9.69. The van der Waals surface area contributed by atoms with Crippen molar-refractivity contribution in [3.05, 3.63) is 90.0 Å². The number of esters is 1. The number of para-hydroxylation sites is 1. The highest BCUT2D eigenvalue weighted by Crippen LogP contribution is 2.69. The number of fused-ring (bicyclic) bond motifs is 1. The van der Waals surface area contributed by atoms with Gasteiger partial charge in [0.05, 0.1) is 46.5 Å². The van der Waals surface area contributed by atoms with Crippen molar-refractivity contribution in [1.29, 1.82) is 0 Å². The predicted molar refractivity (Wildman–Crippen MR) is 180 cm³/mol. The number of likely N-dealkylation sites (tertiary alicyclic amines) is 1. The SMILES string of the molecule is C=CCCCCOC(=O)[C@@H]1[C@@H]2CC(C)C3(S2)C(C(=O)N(CC=C)c2c(C)cccc2Cl)N([C@@H](CO)Cc2ccccc2)C(=O)[C@H]13. The number of thioether (sulfide) groups is 1. The smallest absolute Gasteiger partial charge is 0.310 e. The molecule has 240 valence electrons. The first-order chi connectivity index (χ1) is 21.7. The number of hydrogen-bond acceptors (Lipinski definition) is 6. The molecule has 3 aliphatic heterocycles. The van der Waals surface area contributed by atoms with E-state index in [1.165, 1.54) is 0 Å². The van der Waals surface area contributed by atoms with Crippen molar-refractivity contribution < 1.29 is 24.2 Å². The molecule has 1 spiro atoms. The number of benzene rings is 2. The van der Waals surface area contributed by atoms with Gasteiger partial charge in [-0.1, -0.05) is 73.1 Å². The van der Waals surface area contributed by atoms with Crippen LogP contribution in [0.3, 0.4) is 0 Å². The molecule has 5 rings (SSSR count). The fraction of sp³-hybridized carbons (Fsp3) is 0.472. The molecule has 0 radical (unpaired) electrons. The number of carbonyl (C=O) groups is 3. The summed E-state index contributed by atoms with van der Waals surface area (Å²) in [5.74, 6) is -2.37. The van der Waals surface area contributed by atoms with Gasteiger partial charge >= 0.3 is 5.97 Å². The number of nitrogens with zero attached hydrogens (tertiary/aromatic N) is 2. The minimum Gasteiger partial charge on any atom is -0.465 e. The summed E-state index contributed by atoms with van der Waals surface area (Å²) in [5.41, 5.74) is 2.33. The molecule has 45 heavy (non-hydrogen) atoms. The predicted octanol–water partition coefficient (Wildman–Crippen LogP) is 6.01. The van der Waals surface area contributed by atoms with Crippen molar-refractivity contribution in [1.82, 2.24) is 4.90 Å². The maximum absolute atomic E-state index is 15.1. The zero-order valence-electron chi connectivity index (χ0n) is 26.1. The second-order valence-electron chi connectivity index (χ2n) is 12.4. The first-order valence-electron chi connectivity index (χ1n) is 15.8. The number of aliphatic hydroxyl groups excluding tert-OH is 1. The van der Waals surface area contributed by atoms with Gasteiger partial charge in [-0.2, -0.15) is 0 Å². The van der Waals surface area contributed by atoms with E-state index in [1.54, 1.807) is 33.7 Å². The van der Waals surface area contributed by atoms with Gasteiger partial charge in [0.1, 0.15) is 6.04 Å². The minimum atomic E-state index is -0.929. The third kappa shape index (κ3) is 5.97. The van der Waals surface area contributed by atoms with Gasteiger partial charge < -0.3 is 19.6 Å². The Balaban J connectivity index is 1.59. The molecule has 2 aromatic rings. The molecule has 1 N–H and O–H groups in total. The molecular formula is C36H43ClN2O5S. The molecule has 7 nitrogen and oxygen atoms in total. The molecule has 0 saturated carbocycles. The number of amides is 2. The van der Waals surface area contributed by atoms with Gasteiger partial charge in [-0.3, -0.25) is 14.4 Å². The average molecular weight is 651 g/mol. The maximum Gasteiger partial charge on any atom is 0.310 e. The number of hydrogen-bond donors (Lipinski definition) is 1. The largest absolute Gasteiger partial charge is 0.465 e. The topological polar surface area (TPSA) is 87.2 Å². The summed E-state index contributed by atoms with van der Waals surface area (Å²) in [5, 5.41) is 11.1. The molecule has 0 aliphatic carbocycles. The molecule has 7 atom stereocenters. The standard InChI is InChI=1S/C36H43ClN2O5S/c1-5-7-8-12-19-44-35(43)29-28-20-24(4)36(45-28)30(29)33(41)39(26(22-40)21-25-15-10-9-11-16-25)32(36)34(42)38(18-6-2)31-23(3)14-13-17-27(31)37/h5-6,9-11,13-17,24,26,28-30,32,40H,1-2,7-8,12,18-22H2,3-4H3/t24?,26-,28+,29-,30+,32?,36?/m1/s1. The lowest BCUT2D eigenvalue weighted by Gasteiger charge is -2.42. The quantitative estimate of drug-likeness (QED) is 0.153. The number of rotatable bonds is 14. The van der Waals surface area contributed by atoms with Crippen LogP contribution in [-0.2, 0) is 25.5 Å². The second-order valence-corrected chi connectivity index (χ2v) is 14.4. The van der Waals surface area contributed by atoms with Crippen LogP contribution in [0, 0.1) is 24.7 Å². The molecule has 3 aliphatic rings. The normalized spacial score (nSPS) is 27.2. The number of halogens is 1. The summed E-state index contributed by atoms with van der Waals surface area (Å²) in [7, 11) is 0. The van der Waals surface area contributed by atoms with Gasteiger partial charge in [-0.05, 0) is 62.1 Å². The Kier molecular flexibility index (Phi) is 10.5. The number of aryl methyl sites for hydroxylation is 1. The molecule has 3 saturated heterocycles. The van der Waals surface area contributed by atoms with E-state index in [9.17, 15) is 14.7 Å². The Morgan fingerprint density at radius 1 is 1.18 bits per heavy atom. The van der Waals surface area contributed by atoms with Gasteiger partial charge in [0, 0.05) is 11.8 Å². The second kappa shape index (κ2) is 14.1. The number of anilines is 1. The first-order valence-corrected chi connectivity index (χ1v) is 17.1. The number of unbranched alkanes of at least 4 members (excludes halogenated alkanes) is 2. The summed E-state index contributed by atoms with van der Waals surface area (Å²) in [4.78, 5) is 46.8. The van der Waals surface area contributed by atoms with Crippen LogP contribution in [-0.4, -0.2) is 69.6 Å². The molecule has 3 heterocycles. The van der Waals surface area contributed by atoms with Crippen LogP contribution >= 0.6 is 23.4 Å². The molecule has 0 aromatic heterocycles. The van der Waals surface area contributed by atoms with Crippen molar-refractivity contribution in [2.75, 3.05) is 24.7 Å². The molecular weight excluding hydrogens is 608 g/mol. The van der Waals surface area contributed by atoms with Crippen LogP contribution in [0.5, 0.6) is 0 Å². The summed E-state index contributed by atoms with van der Waals surface area (Å²) < 4.78 is 4.91. The van der Waals surface area contributed by atoms with Crippen LogP contribution in [0.15, 0.2) is 73.8 Å². The monoisotopic (exact) mass is 650 g/mol. The molecule has 3 unspecified atom stereocenters. The average Bonchev–Trinajstić information content (AvgIpc) is 3.63. The lowest BCUT2D eigenvalue weighted by molar-refractivity contribution is -0.155. The van der Waals surface area contributed by atoms with E-state index in [2.05, 4.69) is 20.1 Å². The highest BCUT2D eigenvalue weighted by atomic mass is 35.5. The van der Waals surface area contributed by atoms with Crippen molar-refractivity contribution in [3.63, 3.8) is 0 Å². The van der Waals surface area contributed by atoms with E-state index < -0.39 is 28.7 Å². The first kappa shape index (κ1) is 33.3. The van der Waals surface area contributed by atoms with Gasteiger partial charge in [0.25, 0.3) is 5.91 Å². The fourth-order valence-electron chi connectivity index (χ4n) is 7.73. The van der Waals surface area contributed by atoms with E-state index >= 15 is 4.79 Å². The highest BCUT2D eigenvalue weighted by Gasteiger charge is 2.77. The Hall–Kier alpha value is -3.07. The van der Waals surface area contributed by atoms with Gasteiger partial charge in [0.15, 0.2) is 0 Å². The van der Waals surface area contributed by atoms with Gasteiger partial charge in [-0.25, -0.2) is 0 Å². The summed E-state index contributed by atoms with van der Waals surface area (Å²) in [6, 6.07) is 13.5. The zero-order chi connectivity index (χ0) is 32.3. The molecule has 9 heteroatoms. The van der Waals surface area contributed by atoms with E-state index in [-0.39, 0.29) is 48.7 Å². The van der Waals surface area contributed by atoms with Gasteiger partial charge in [-0.15, -0.1) is 24.9 Å². The molecule has 3 fully saturated rings. The third-order valence-corrected chi connectivity index (χ3v) is 12.1. The summed E-state index contributed by atoms with van der Waals surface area (Å²) >= 11 is 8.31. The Labute approximate surface area is 275 Å². The lowest BCUT2D eigenvalue weighted by Crippen LogP contribution is -2.59. The Morgan fingerprint density at radius 3 is 2.60 bits per heavy atom. The van der Waals surface area contributed by atoms with Crippen molar-refractivity contribution >= 4 is 46.8 Å². The minimum absolute atomic E-state index is 0.0361. The summed E-state index contributed by atoms with van der Waals surface area (Å²) in [6.45, 7) is 11.8. The number of allylic oxidation sites excluding steroid dienone is 1. The summed E-state index contributed by atoms with van der Waals surface area (Å²) in [6.07, 6.45) is 6.98. The van der Waals surface area contributed by atoms with Crippen molar-refractivity contribution in [2.45, 2.75) is 68.0 Å². The van der Waals surface area contributed by atoms with E-state index in [4.69, 9.17) is 16.3 Å². The molecule has 2 aromatic carbocycles. The van der Waals surface area contributed by atoms with Crippen LogP contribution < -0.4 is 4.90 Å². The number of ether oxygens (including phenoxy) is 1. The van der Waals surface area contributed by atoms with Crippen molar-refractivity contribution in [2.24, 2.45) is 17.8 Å². The number of carbonyl (C=O) groups excluding carboxylic acids is 3. The Morgan fingerprint density at radius 2 is 1.93 bits per heavy atom. The highest BCUT2D eigenvalue weighted by molar-refractivity contribution is 8.02. The van der Waals surface area contributed by atoms with E-state index in [0.29, 0.717) is 30.0 Å². The zero-order valence-corrected chi connectivity index (χ0v) is 27.6. The van der Waals surface area contributed by atoms with E-state index in [1.807, 2.05) is 55.5 Å². The molecule has 2 amide bonds.